The van der Waals surface area contributed by atoms with E-state index in [2.05, 4.69) is 5.32 Å². The SMILES string of the molecule is O=C(CCCCl)Nc1ccc([N+](=O)[O-])cc1C(F)(F)F. The number of halogens is 4. The van der Waals surface area contributed by atoms with Gasteiger partial charge in [0.25, 0.3) is 5.69 Å². The quantitative estimate of drug-likeness (QED) is 0.513. The van der Waals surface area contributed by atoms with Crippen LogP contribution in [0.4, 0.5) is 24.5 Å². The molecule has 0 aromatic heterocycles. The lowest BCUT2D eigenvalue weighted by atomic mass is 10.1. The predicted octanol–water partition coefficient (Wildman–Crippen LogP) is 3.57. The van der Waals surface area contributed by atoms with Gasteiger partial charge in [-0.3, -0.25) is 14.9 Å². The Morgan fingerprint density at radius 3 is 2.55 bits per heavy atom. The van der Waals surface area contributed by atoms with Crippen molar-refractivity contribution in [3.8, 4) is 0 Å². The van der Waals surface area contributed by atoms with E-state index >= 15 is 0 Å². The standard InChI is InChI=1S/C11H10ClF3N2O3/c12-5-1-2-10(18)16-9-4-3-7(17(19)20)6-8(9)11(13,14)15/h3-4,6H,1-2,5H2,(H,16,18). The van der Waals surface area contributed by atoms with Crippen molar-refractivity contribution < 1.29 is 22.9 Å². The van der Waals surface area contributed by atoms with Crippen molar-refractivity contribution >= 4 is 28.9 Å². The summed E-state index contributed by atoms with van der Waals surface area (Å²) in [6, 6.07) is 2.14. The third-order valence-corrected chi connectivity index (χ3v) is 2.60. The molecule has 0 spiro atoms. The first kappa shape index (κ1) is 16.2. The third kappa shape index (κ3) is 4.37. The van der Waals surface area contributed by atoms with E-state index in [-0.39, 0.29) is 12.3 Å². The number of anilines is 1. The normalized spacial score (nSPS) is 11.2. The minimum Gasteiger partial charge on any atom is -0.325 e. The first-order valence-electron chi connectivity index (χ1n) is 5.47. The van der Waals surface area contributed by atoms with Crippen LogP contribution in [0.5, 0.6) is 0 Å². The number of benzene rings is 1. The Hall–Kier alpha value is -1.83. The average molecular weight is 311 g/mol. The first-order chi connectivity index (χ1) is 9.25. The van der Waals surface area contributed by atoms with Crippen molar-refractivity contribution in [2.24, 2.45) is 0 Å². The van der Waals surface area contributed by atoms with Crippen molar-refractivity contribution in [3.05, 3.63) is 33.9 Å². The number of nitrogens with zero attached hydrogens (tertiary/aromatic N) is 1. The lowest BCUT2D eigenvalue weighted by molar-refractivity contribution is -0.385. The highest BCUT2D eigenvalue weighted by atomic mass is 35.5. The number of rotatable bonds is 5. The molecule has 1 aromatic rings. The number of nitro benzene ring substituents is 1. The van der Waals surface area contributed by atoms with Gasteiger partial charge in [-0.15, -0.1) is 11.6 Å². The van der Waals surface area contributed by atoms with Crippen LogP contribution >= 0.6 is 11.6 Å². The largest absolute Gasteiger partial charge is 0.418 e. The van der Waals surface area contributed by atoms with Gasteiger partial charge in [0.2, 0.25) is 5.91 Å². The Bertz CT molecular complexity index is 520. The summed E-state index contributed by atoms with van der Waals surface area (Å²) in [6.45, 7) is 0. The highest BCUT2D eigenvalue weighted by Gasteiger charge is 2.35. The molecular formula is C11H10ClF3N2O3. The van der Waals surface area contributed by atoms with E-state index in [4.69, 9.17) is 11.6 Å². The van der Waals surface area contributed by atoms with Gasteiger partial charge in [-0.1, -0.05) is 0 Å². The molecule has 0 bridgehead atoms. The van der Waals surface area contributed by atoms with Gasteiger partial charge in [0.1, 0.15) is 0 Å². The number of alkyl halides is 4. The second kappa shape index (κ2) is 6.56. The van der Waals surface area contributed by atoms with Gasteiger partial charge in [0.05, 0.1) is 16.2 Å². The summed E-state index contributed by atoms with van der Waals surface area (Å²) in [5.41, 5.74) is -2.47. The molecule has 0 saturated heterocycles. The molecule has 0 heterocycles. The van der Waals surface area contributed by atoms with Gasteiger partial charge < -0.3 is 5.32 Å². The van der Waals surface area contributed by atoms with Gasteiger partial charge in [-0.05, 0) is 12.5 Å². The second-order valence-electron chi connectivity index (χ2n) is 3.83. The molecule has 20 heavy (non-hydrogen) atoms. The van der Waals surface area contributed by atoms with Crippen molar-refractivity contribution in [1.29, 1.82) is 0 Å². The number of amides is 1. The molecule has 1 amide bonds. The molecule has 0 saturated carbocycles. The van der Waals surface area contributed by atoms with Crippen LogP contribution in [0.2, 0.25) is 0 Å². The van der Waals surface area contributed by atoms with Gasteiger partial charge in [0.15, 0.2) is 0 Å². The third-order valence-electron chi connectivity index (χ3n) is 2.33. The Morgan fingerprint density at radius 2 is 2.05 bits per heavy atom. The molecule has 5 nitrogen and oxygen atoms in total. The van der Waals surface area contributed by atoms with E-state index < -0.39 is 33.9 Å². The highest BCUT2D eigenvalue weighted by molar-refractivity contribution is 6.18. The Morgan fingerprint density at radius 1 is 1.40 bits per heavy atom. The van der Waals surface area contributed by atoms with E-state index in [1.54, 1.807) is 0 Å². The fourth-order valence-corrected chi connectivity index (χ4v) is 1.56. The summed E-state index contributed by atoms with van der Waals surface area (Å²) in [5.74, 6) is -0.426. The topological polar surface area (TPSA) is 72.2 Å². The summed E-state index contributed by atoms with van der Waals surface area (Å²) in [6.07, 6.45) is -4.51. The molecule has 1 rings (SSSR count). The fraction of sp³-hybridized carbons (Fsp3) is 0.364. The van der Waals surface area contributed by atoms with Crippen molar-refractivity contribution in [1.82, 2.24) is 0 Å². The van der Waals surface area contributed by atoms with E-state index in [1.807, 2.05) is 0 Å². The lowest BCUT2D eigenvalue weighted by Crippen LogP contribution is -2.16. The molecular weight excluding hydrogens is 301 g/mol. The fourth-order valence-electron chi connectivity index (χ4n) is 1.43. The number of nitrogens with one attached hydrogen (secondary N) is 1. The summed E-state index contributed by atoms with van der Waals surface area (Å²) >= 11 is 5.37. The van der Waals surface area contributed by atoms with Crippen LogP contribution in [0, 0.1) is 10.1 Å². The number of nitro groups is 1. The van der Waals surface area contributed by atoms with Crippen LogP contribution in [0.1, 0.15) is 18.4 Å². The minimum atomic E-state index is -4.80. The Balaban J connectivity index is 3.06. The van der Waals surface area contributed by atoms with Gasteiger partial charge >= 0.3 is 6.18 Å². The van der Waals surface area contributed by atoms with Crippen LogP contribution in [-0.4, -0.2) is 16.7 Å². The molecule has 0 aliphatic heterocycles. The maximum atomic E-state index is 12.8. The zero-order valence-electron chi connectivity index (χ0n) is 10.0. The summed E-state index contributed by atoms with van der Waals surface area (Å²) in [4.78, 5) is 21.0. The number of hydrogen-bond donors (Lipinski definition) is 1. The monoisotopic (exact) mass is 310 g/mol. The van der Waals surface area contributed by atoms with Crippen LogP contribution in [0.3, 0.4) is 0 Å². The predicted molar refractivity (Wildman–Crippen MR) is 66.7 cm³/mol. The maximum Gasteiger partial charge on any atom is 0.418 e. The summed E-state index contributed by atoms with van der Waals surface area (Å²) in [5, 5.41) is 12.6. The molecule has 1 N–H and O–H groups in total. The molecule has 110 valence electrons. The van der Waals surface area contributed by atoms with Crippen molar-refractivity contribution in [3.63, 3.8) is 0 Å². The number of non-ortho nitro benzene ring substituents is 1. The van der Waals surface area contributed by atoms with Crippen molar-refractivity contribution in [2.45, 2.75) is 19.0 Å². The average Bonchev–Trinajstić information content (AvgIpc) is 2.35. The molecule has 9 heteroatoms. The van der Waals surface area contributed by atoms with E-state index in [1.165, 1.54) is 0 Å². The zero-order valence-corrected chi connectivity index (χ0v) is 10.8. The molecule has 0 atom stereocenters. The zero-order chi connectivity index (χ0) is 15.3. The molecule has 0 unspecified atom stereocenters. The second-order valence-corrected chi connectivity index (χ2v) is 4.20. The first-order valence-corrected chi connectivity index (χ1v) is 6.00. The van der Waals surface area contributed by atoms with Crippen LogP contribution in [-0.2, 0) is 11.0 Å². The molecule has 0 aliphatic rings. The smallest absolute Gasteiger partial charge is 0.325 e. The highest BCUT2D eigenvalue weighted by Crippen LogP contribution is 2.37. The molecule has 0 aliphatic carbocycles. The maximum absolute atomic E-state index is 12.8. The Kier molecular flexibility index (Phi) is 5.32. The van der Waals surface area contributed by atoms with Crippen LogP contribution < -0.4 is 5.32 Å². The summed E-state index contributed by atoms with van der Waals surface area (Å²) < 4.78 is 38.4. The number of hydrogen-bond acceptors (Lipinski definition) is 3. The van der Waals surface area contributed by atoms with Gasteiger partial charge in [0, 0.05) is 24.4 Å². The number of carbonyl (C=O) groups excluding carboxylic acids is 1. The summed E-state index contributed by atoms with van der Waals surface area (Å²) in [7, 11) is 0. The van der Waals surface area contributed by atoms with Crippen LogP contribution in [0.25, 0.3) is 0 Å². The van der Waals surface area contributed by atoms with Gasteiger partial charge in [-0.2, -0.15) is 13.2 Å². The van der Waals surface area contributed by atoms with Crippen LogP contribution in [0.15, 0.2) is 18.2 Å². The van der Waals surface area contributed by atoms with E-state index in [9.17, 15) is 28.1 Å². The van der Waals surface area contributed by atoms with Gasteiger partial charge in [-0.25, -0.2) is 0 Å². The number of carbonyl (C=O) groups is 1. The van der Waals surface area contributed by atoms with Crippen molar-refractivity contribution in [2.75, 3.05) is 11.2 Å². The molecule has 0 fully saturated rings. The van der Waals surface area contributed by atoms with E-state index in [0.717, 1.165) is 12.1 Å². The van der Waals surface area contributed by atoms with E-state index in [0.29, 0.717) is 12.5 Å². The Labute approximate surface area is 116 Å². The molecule has 0 radical (unpaired) electrons. The molecule has 1 aromatic carbocycles. The lowest BCUT2D eigenvalue weighted by Gasteiger charge is -2.13. The minimum absolute atomic E-state index is 0.0300.